The van der Waals surface area contributed by atoms with Crippen LogP contribution in [0.4, 0.5) is 11.4 Å². The van der Waals surface area contributed by atoms with Gasteiger partial charge in [-0.2, -0.15) is 0 Å². The minimum absolute atomic E-state index is 0.0921. The number of hydrogen-bond donors (Lipinski definition) is 3. The standard InChI is InChI=1S/C14H20ClN3O2/c1-14(20)5-7-18(9-14)6-4-13(19)17-12-3-2-10(15)8-11(12)16/h2-3,8,20H,4-7,9,16H2,1H3,(H,17,19). The minimum atomic E-state index is -0.628. The summed E-state index contributed by atoms with van der Waals surface area (Å²) < 4.78 is 0. The number of nitrogens with zero attached hydrogens (tertiary/aromatic N) is 1. The van der Waals surface area contributed by atoms with Gasteiger partial charge >= 0.3 is 0 Å². The SMILES string of the molecule is CC1(O)CCN(CCC(=O)Nc2ccc(Cl)cc2N)C1. The topological polar surface area (TPSA) is 78.6 Å². The molecule has 1 aromatic rings. The fourth-order valence-electron chi connectivity index (χ4n) is 2.35. The van der Waals surface area contributed by atoms with E-state index < -0.39 is 5.60 Å². The van der Waals surface area contributed by atoms with Crippen molar-refractivity contribution in [3.8, 4) is 0 Å². The number of β-amino-alcohol motifs (C(OH)–C–C–N with tert-alkyl or cyclic N) is 1. The highest BCUT2D eigenvalue weighted by atomic mass is 35.5. The zero-order chi connectivity index (χ0) is 14.8. The molecule has 1 aliphatic heterocycles. The van der Waals surface area contributed by atoms with Gasteiger partial charge in [-0.05, 0) is 31.5 Å². The molecule has 0 aromatic heterocycles. The Bertz CT molecular complexity index is 505. The summed E-state index contributed by atoms with van der Waals surface area (Å²) in [6, 6.07) is 4.98. The van der Waals surface area contributed by atoms with Crippen molar-refractivity contribution < 1.29 is 9.90 Å². The molecule has 1 aromatic carbocycles. The number of amides is 1. The van der Waals surface area contributed by atoms with Gasteiger partial charge in [0.1, 0.15) is 0 Å². The van der Waals surface area contributed by atoms with Gasteiger partial charge < -0.3 is 16.2 Å². The molecule has 20 heavy (non-hydrogen) atoms. The number of nitrogens with two attached hydrogens (primary N) is 1. The first-order valence-electron chi connectivity index (χ1n) is 6.65. The molecule has 1 amide bonds. The van der Waals surface area contributed by atoms with Crippen LogP contribution in [-0.2, 0) is 4.79 Å². The number of nitrogen functional groups attached to an aromatic ring is 1. The van der Waals surface area contributed by atoms with E-state index in [0.717, 1.165) is 13.0 Å². The molecule has 6 heteroatoms. The first-order chi connectivity index (χ1) is 9.35. The van der Waals surface area contributed by atoms with Crippen LogP contribution in [0.3, 0.4) is 0 Å². The van der Waals surface area contributed by atoms with Crippen molar-refractivity contribution in [2.24, 2.45) is 0 Å². The Morgan fingerprint density at radius 2 is 2.35 bits per heavy atom. The van der Waals surface area contributed by atoms with E-state index >= 15 is 0 Å². The van der Waals surface area contributed by atoms with Crippen LogP contribution in [-0.4, -0.2) is 41.1 Å². The molecule has 0 radical (unpaired) electrons. The van der Waals surface area contributed by atoms with Gasteiger partial charge in [0.2, 0.25) is 5.91 Å². The fourth-order valence-corrected chi connectivity index (χ4v) is 2.53. The molecule has 0 bridgehead atoms. The maximum absolute atomic E-state index is 11.9. The molecule has 4 N–H and O–H groups in total. The van der Waals surface area contributed by atoms with E-state index in [-0.39, 0.29) is 5.91 Å². The monoisotopic (exact) mass is 297 g/mol. The average Bonchev–Trinajstić information content (AvgIpc) is 2.70. The molecule has 0 saturated carbocycles. The predicted octanol–water partition coefficient (Wildman–Crippen LogP) is 1.71. The molecule has 1 saturated heterocycles. The third-order valence-electron chi connectivity index (χ3n) is 3.47. The number of anilines is 2. The highest BCUT2D eigenvalue weighted by Gasteiger charge is 2.30. The summed E-state index contributed by atoms with van der Waals surface area (Å²) in [5, 5.41) is 13.2. The Kier molecular flexibility index (Phi) is 4.52. The Morgan fingerprint density at radius 3 is 2.95 bits per heavy atom. The summed E-state index contributed by atoms with van der Waals surface area (Å²) in [5.74, 6) is -0.0921. The molecule has 0 spiro atoms. The Hall–Kier alpha value is -1.30. The summed E-state index contributed by atoms with van der Waals surface area (Å²) >= 11 is 5.80. The van der Waals surface area contributed by atoms with Crippen molar-refractivity contribution in [3.05, 3.63) is 23.2 Å². The number of carbonyl (C=O) groups is 1. The van der Waals surface area contributed by atoms with Gasteiger partial charge in [-0.25, -0.2) is 0 Å². The minimum Gasteiger partial charge on any atom is -0.397 e. The number of hydrogen-bond acceptors (Lipinski definition) is 4. The first kappa shape index (κ1) is 15.1. The van der Waals surface area contributed by atoms with Gasteiger partial charge in [-0.1, -0.05) is 11.6 Å². The van der Waals surface area contributed by atoms with E-state index in [1.54, 1.807) is 18.2 Å². The highest BCUT2D eigenvalue weighted by Crippen LogP contribution is 2.23. The molecule has 5 nitrogen and oxygen atoms in total. The third-order valence-corrected chi connectivity index (χ3v) is 3.71. The quantitative estimate of drug-likeness (QED) is 0.739. The van der Waals surface area contributed by atoms with Crippen molar-refractivity contribution in [3.63, 3.8) is 0 Å². The predicted molar refractivity (Wildman–Crippen MR) is 80.8 cm³/mol. The fraction of sp³-hybridized carbons (Fsp3) is 0.500. The Balaban J connectivity index is 1.81. The van der Waals surface area contributed by atoms with Crippen LogP contribution in [0.25, 0.3) is 0 Å². The maximum Gasteiger partial charge on any atom is 0.225 e. The lowest BCUT2D eigenvalue weighted by Crippen LogP contribution is -2.31. The second-order valence-corrected chi connectivity index (χ2v) is 5.99. The van der Waals surface area contributed by atoms with Crippen LogP contribution in [0.2, 0.25) is 5.02 Å². The lowest BCUT2D eigenvalue weighted by Gasteiger charge is -2.18. The van der Waals surface area contributed by atoms with Crippen LogP contribution in [0.15, 0.2) is 18.2 Å². The van der Waals surface area contributed by atoms with E-state index in [9.17, 15) is 9.90 Å². The van der Waals surface area contributed by atoms with Gasteiger partial charge in [0, 0.05) is 31.1 Å². The number of nitrogens with one attached hydrogen (secondary N) is 1. The molecule has 0 aliphatic carbocycles. The van der Waals surface area contributed by atoms with E-state index in [1.807, 2.05) is 6.92 Å². The molecule has 1 heterocycles. The van der Waals surface area contributed by atoms with E-state index in [4.69, 9.17) is 17.3 Å². The van der Waals surface area contributed by atoms with E-state index in [2.05, 4.69) is 10.2 Å². The molecular weight excluding hydrogens is 278 g/mol. The number of halogens is 1. The lowest BCUT2D eigenvalue weighted by atomic mass is 10.1. The maximum atomic E-state index is 11.9. The Morgan fingerprint density at radius 1 is 1.60 bits per heavy atom. The van der Waals surface area contributed by atoms with Crippen LogP contribution in [0.5, 0.6) is 0 Å². The van der Waals surface area contributed by atoms with Gasteiger partial charge in [0.25, 0.3) is 0 Å². The summed E-state index contributed by atoms with van der Waals surface area (Å²) in [5.41, 5.74) is 6.18. The molecule has 2 rings (SSSR count). The van der Waals surface area contributed by atoms with Gasteiger partial charge in [0.05, 0.1) is 17.0 Å². The van der Waals surface area contributed by atoms with Crippen molar-refractivity contribution in [2.75, 3.05) is 30.7 Å². The molecule has 1 fully saturated rings. The van der Waals surface area contributed by atoms with Crippen molar-refractivity contribution >= 4 is 28.9 Å². The van der Waals surface area contributed by atoms with Crippen LogP contribution < -0.4 is 11.1 Å². The first-order valence-corrected chi connectivity index (χ1v) is 7.03. The Labute approximate surface area is 123 Å². The second kappa shape index (κ2) is 5.99. The zero-order valence-electron chi connectivity index (χ0n) is 11.5. The smallest absolute Gasteiger partial charge is 0.225 e. The lowest BCUT2D eigenvalue weighted by molar-refractivity contribution is -0.116. The zero-order valence-corrected chi connectivity index (χ0v) is 12.3. The van der Waals surface area contributed by atoms with Crippen LogP contribution in [0, 0.1) is 0 Å². The molecule has 1 aliphatic rings. The summed E-state index contributed by atoms with van der Waals surface area (Å²) in [7, 11) is 0. The second-order valence-electron chi connectivity index (χ2n) is 5.55. The number of likely N-dealkylation sites (tertiary alicyclic amines) is 1. The van der Waals surface area contributed by atoms with Gasteiger partial charge in [-0.15, -0.1) is 0 Å². The summed E-state index contributed by atoms with van der Waals surface area (Å²) in [4.78, 5) is 14.0. The van der Waals surface area contributed by atoms with Crippen LogP contribution in [0.1, 0.15) is 19.8 Å². The van der Waals surface area contributed by atoms with Crippen molar-refractivity contribution in [1.29, 1.82) is 0 Å². The van der Waals surface area contributed by atoms with E-state index in [0.29, 0.717) is 35.9 Å². The normalized spacial score (nSPS) is 22.9. The molecule has 1 unspecified atom stereocenters. The third kappa shape index (κ3) is 4.10. The molecule has 1 atom stereocenters. The van der Waals surface area contributed by atoms with Gasteiger partial charge in [0.15, 0.2) is 0 Å². The van der Waals surface area contributed by atoms with Crippen molar-refractivity contribution in [2.45, 2.75) is 25.4 Å². The number of aliphatic hydroxyl groups is 1. The average molecular weight is 298 g/mol. The van der Waals surface area contributed by atoms with E-state index in [1.165, 1.54) is 0 Å². The highest BCUT2D eigenvalue weighted by molar-refractivity contribution is 6.31. The van der Waals surface area contributed by atoms with Crippen LogP contribution >= 0.6 is 11.6 Å². The number of carbonyl (C=O) groups excluding carboxylic acids is 1. The summed E-state index contributed by atoms with van der Waals surface area (Å²) in [6.45, 7) is 3.89. The molecule has 110 valence electrons. The number of rotatable bonds is 4. The summed E-state index contributed by atoms with van der Waals surface area (Å²) in [6.07, 6.45) is 1.12. The van der Waals surface area contributed by atoms with Gasteiger partial charge in [-0.3, -0.25) is 9.69 Å². The van der Waals surface area contributed by atoms with Crippen molar-refractivity contribution in [1.82, 2.24) is 4.90 Å². The largest absolute Gasteiger partial charge is 0.397 e. The number of benzene rings is 1. The molecular formula is C14H20ClN3O2.